The first kappa shape index (κ1) is 14.7. The van der Waals surface area contributed by atoms with Gasteiger partial charge in [0.2, 0.25) is 11.8 Å². The summed E-state index contributed by atoms with van der Waals surface area (Å²) in [5.41, 5.74) is 7.90. The molecule has 0 aliphatic carbocycles. The SMILES string of the molecule is Cc1cc(C)c(NC(=O)CNC(=O)CN)c(Br)c1. The highest BCUT2D eigenvalue weighted by atomic mass is 79.9. The maximum atomic E-state index is 11.6. The van der Waals surface area contributed by atoms with Crippen molar-refractivity contribution in [2.45, 2.75) is 13.8 Å². The molecule has 0 saturated heterocycles. The lowest BCUT2D eigenvalue weighted by molar-refractivity contribution is -0.123. The number of hydrogen-bond acceptors (Lipinski definition) is 3. The van der Waals surface area contributed by atoms with Crippen molar-refractivity contribution in [3.05, 3.63) is 27.7 Å². The molecule has 0 fully saturated rings. The van der Waals surface area contributed by atoms with Crippen LogP contribution in [0.3, 0.4) is 0 Å². The Morgan fingerprint density at radius 1 is 1.28 bits per heavy atom. The molecule has 18 heavy (non-hydrogen) atoms. The first-order valence-corrected chi connectivity index (χ1v) is 6.26. The maximum Gasteiger partial charge on any atom is 0.243 e. The molecule has 0 aromatic heterocycles. The predicted octanol–water partition coefficient (Wildman–Crippen LogP) is 1.08. The molecule has 4 N–H and O–H groups in total. The van der Waals surface area contributed by atoms with E-state index >= 15 is 0 Å². The van der Waals surface area contributed by atoms with Crippen LogP contribution in [-0.4, -0.2) is 24.9 Å². The number of carbonyl (C=O) groups excluding carboxylic acids is 2. The minimum absolute atomic E-state index is 0.0875. The van der Waals surface area contributed by atoms with E-state index in [-0.39, 0.29) is 24.9 Å². The molecule has 0 unspecified atom stereocenters. The zero-order valence-electron chi connectivity index (χ0n) is 10.3. The topological polar surface area (TPSA) is 84.2 Å². The fraction of sp³-hybridized carbons (Fsp3) is 0.333. The Balaban J connectivity index is 2.68. The third kappa shape index (κ3) is 4.12. The highest BCUT2D eigenvalue weighted by molar-refractivity contribution is 9.10. The summed E-state index contributed by atoms with van der Waals surface area (Å²) in [4.78, 5) is 22.6. The molecule has 5 nitrogen and oxygen atoms in total. The van der Waals surface area contributed by atoms with E-state index in [4.69, 9.17) is 5.73 Å². The van der Waals surface area contributed by atoms with Gasteiger partial charge in [0.1, 0.15) is 0 Å². The van der Waals surface area contributed by atoms with E-state index in [1.807, 2.05) is 26.0 Å². The van der Waals surface area contributed by atoms with Gasteiger partial charge in [0.15, 0.2) is 0 Å². The lowest BCUT2D eigenvalue weighted by Crippen LogP contribution is -2.36. The number of nitrogens with one attached hydrogen (secondary N) is 2. The van der Waals surface area contributed by atoms with Crippen LogP contribution < -0.4 is 16.4 Å². The summed E-state index contributed by atoms with van der Waals surface area (Å²) >= 11 is 3.40. The van der Waals surface area contributed by atoms with E-state index < -0.39 is 0 Å². The number of nitrogens with two attached hydrogens (primary N) is 1. The molecule has 1 rings (SSSR count). The van der Waals surface area contributed by atoms with Crippen molar-refractivity contribution in [3.63, 3.8) is 0 Å². The normalized spacial score (nSPS) is 10.0. The summed E-state index contributed by atoms with van der Waals surface area (Å²) in [6.45, 7) is 3.67. The van der Waals surface area contributed by atoms with Gasteiger partial charge in [-0.1, -0.05) is 6.07 Å². The number of halogens is 1. The van der Waals surface area contributed by atoms with Crippen molar-refractivity contribution >= 4 is 33.4 Å². The molecule has 6 heteroatoms. The lowest BCUT2D eigenvalue weighted by Gasteiger charge is -2.12. The molecule has 0 aliphatic heterocycles. The van der Waals surface area contributed by atoms with Crippen LogP contribution in [-0.2, 0) is 9.59 Å². The Morgan fingerprint density at radius 3 is 2.50 bits per heavy atom. The average Bonchev–Trinajstić information content (AvgIpc) is 2.30. The Kier molecular flexibility index (Phi) is 5.30. The highest BCUT2D eigenvalue weighted by Crippen LogP contribution is 2.27. The van der Waals surface area contributed by atoms with Crippen molar-refractivity contribution < 1.29 is 9.59 Å². The number of carbonyl (C=O) groups is 2. The fourth-order valence-corrected chi connectivity index (χ4v) is 2.28. The fourth-order valence-electron chi connectivity index (χ4n) is 1.51. The smallest absolute Gasteiger partial charge is 0.243 e. The molecule has 2 amide bonds. The first-order valence-electron chi connectivity index (χ1n) is 5.47. The molecule has 0 atom stereocenters. The average molecular weight is 314 g/mol. The quantitative estimate of drug-likeness (QED) is 0.777. The Bertz CT molecular complexity index is 451. The second kappa shape index (κ2) is 6.51. The van der Waals surface area contributed by atoms with Gasteiger partial charge in [-0.15, -0.1) is 0 Å². The van der Waals surface area contributed by atoms with Crippen LogP contribution in [0.4, 0.5) is 5.69 Å². The van der Waals surface area contributed by atoms with Crippen LogP contribution in [0.25, 0.3) is 0 Å². The summed E-state index contributed by atoms with van der Waals surface area (Å²) in [7, 11) is 0. The molecule has 0 saturated carbocycles. The maximum absolute atomic E-state index is 11.6. The van der Waals surface area contributed by atoms with Gasteiger partial charge >= 0.3 is 0 Å². The third-order valence-corrected chi connectivity index (χ3v) is 2.95. The van der Waals surface area contributed by atoms with Crippen molar-refractivity contribution in [2.75, 3.05) is 18.4 Å². The van der Waals surface area contributed by atoms with Crippen molar-refractivity contribution in [2.24, 2.45) is 5.73 Å². The van der Waals surface area contributed by atoms with Crippen molar-refractivity contribution in [1.29, 1.82) is 0 Å². The second-order valence-electron chi connectivity index (χ2n) is 3.97. The van der Waals surface area contributed by atoms with Gasteiger partial charge in [0.05, 0.1) is 18.8 Å². The van der Waals surface area contributed by atoms with Crippen LogP contribution in [0.5, 0.6) is 0 Å². The second-order valence-corrected chi connectivity index (χ2v) is 4.82. The molecule has 0 bridgehead atoms. The predicted molar refractivity (Wildman–Crippen MR) is 74.3 cm³/mol. The third-order valence-electron chi connectivity index (χ3n) is 2.33. The molecule has 98 valence electrons. The number of amides is 2. The van der Waals surface area contributed by atoms with Gasteiger partial charge < -0.3 is 16.4 Å². The van der Waals surface area contributed by atoms with E-state index in [1.165, 1.54) is 0 Å². The minimum atomic E-state index is -0.357. The van der Waals surface area contributed by atoms with Crippen molar-refractivity contribution in [3.8, 4) is 0 Å². The largest absolute Gasteiger partial charge is 0.346 e. The van der Waals surface area contributed by atoms with E-state index in [0.717, 1.165) is 15.6 Å². The molecular weight excluding hydrogens is 298 g/mol. The Morgan fingerprint density at radius 2 is 1.94 bits per heavy atom. The molecule has 0 aliphatic rings. The summed E-state index contributed by atoms with van der Waals surface area (Å²) in [6, 6.07) is 3.89. The zero-order chi connectivity index (χ0) is 13.7. The van der Waals surface area contributed by atoms with Crippen molar-refractivity contribution in [1.82, 2.24) is 5.32 Å². The molecule has 1 aromatic carbocycles. The molecule has 1 aromatic rings. The standard InChI is InChI=1S/C12H16BrN3O2/c1-7-3-8(2)12(9(13)4-7)16-11(18)6-15-10(17)5-14/h3-4H,5-6,14H2,1-2H3,(H,15,17)(H,16,18). The van der Waals surface area contributed by atoms with Crippen LogP contribution in [0.2, 0.25) is 0 Å². The van der Waals surface area contributed by atoms with Gasteiger partial charge in [-0.3, -0.25) is 9.59 Å². The van der Waals surface area contributed by atoms with Crippen LogP contribution in [0, 0.1) is 13.8 Å². The Labute approximate surface area is 114 Å². The number of aryl methyl sites for hydroxylation is 2. The molecule has 0 radical (unpaired) electrons. The van der Waals surface area contributed by atoms with Crippen LogP contribution in [0.1, 0.15) is 11.1 Å². The van der Waals surface area contributed by atoms with Gasteiger partial charge in [-0.05, 0) is 47.0 Å². The summed E-state index contributed by atoms with van der Waals surface area (Å²) in [6.07, 6.45) is 0. The van der Waals surface area contributed by atoms with Gasteiger partial charge in [-0.25, -0.2) is 0 Å². The molecular formula is C12H16BrN3O2. The van der Waals surface area contributed by atoms with E-state index in [2.05, 4.69) is 26.6 Å². The number of anilines is 1. The Hall–Kier alpha value is -1.40. The van der Waals surface area contributed by atoms with Crippen LogP contribution in [0.15, 0.2) is 16.6 Å². The zero-order valence-corrected chi connectivity index (χ0v) is 11.9. The summed E-state index contributed by atoms with van der Waals surface area (Å²) in [5, 5.41) is 5.16. The van der Waals surface area contributed by atoms with E-state index in [9.17, 15) is 9.59 Å². The van der Waals surface area contributed by atoms with Crippen LogP contribution >= 0.6 is 15.9 Å². The monoisotopic (exact) mass is 313 g/mol. The molecule has 0 heterocycles. The minimum Gasteiger partial charge on any atom is -0.346 e. The molecule has 0 spiro atoms. The van der Waals surface area contributed by atoms with Gasteiger partial charge in [-0.2, -0.15) is 0 Å². The highest BCUT2D eigenvalue weighted by Gasteiger charge is 2.09. The number of benzene rings is 1. The number of hydrogen-bond donors (Lipinski definition) is 3. The van der Waals surface area contributed by atoms with Gasteiger partial charge in [0, 0.05) is 4.47 Å². The van der Waals surface area contributed by atoms with Gasteiger partial charge in [0.25, 0.3) is 0 Å². The summed E-state index contributed by atoms with van der Waals surface area (Å²) < 4.78 is 0.818. The lowest BCUT2D eigenvalue weighted by atomic mass is 10.1. The number of rotatable bonds is 4. The summed E-state index contributed by atoms with van der Waals surface area (Å²) in [5.74, 6) is -0.644. The van der Waals surface area contributed by atoms with E-state index in [0.29, 0.717) is 5.69 Å². The first-order chi connectivity index (χ1) is 8.43. The van der Waals surface area contributed by atoms with E-state index in [1.54, 1.807) is 0 Å².